The second kappa shape index (κ2) is 9.45. The monoisotopic (exact) mass is 394 g/mol. The van der Waals surface area contributed by atoms with Crippen LogP contribution in [0.2, 0.25) is 0 Å². The third-order valence-corrected chi connectivity index (χ3v) is 4.14. The third kappa shape index (κ3) is 5.16. The molecule has 0 radical (unpaired) electrons. The van der Waals surface area contributed by atoms with E-state index in [0.717, 1.165) is 5.56 Å². The quantitative estimate of drug-likeness (QED) is 0.605. The molecule has 0 unspecified atom stereocenters. The van der Waals surface area contributed by atoms with Crippen molar-refractivity contribution in [2.24, 2.45) is 0 Å². The van der Waals surface area contributed by atoms with Gasteiger partial charge in [0.25, 0.3) is 11.8 Å². The van der Waals surface area contributed by atoms with E-state index in [9.17, 15) is 9.59 Å². The fourth-order valence-electron chi connectivity index (χ4n) is 2.68. The van der Waals surface area contributed by atoms with Crippen LogP contribution in [0.3, 0.4) is 0 Å². The van der Waals surface area contributed by atoms with Gasteiger partial charge >= 0.3 is 0 Å². The molecule has 7 nitrogen and oxygen atoms in total. The fraction of sp³-hybridized carbons (Fsp3) is 0.182. The molecule has 150 valence electrons. The Bertz CT molecular complexity index is 965. The molecule has 0 saturated heterocycles. The van der Waals surface area contributed by atoms with Crippen molar-refractivity contribution in [1.29, 1.82) is 0 Å². The smallest absolute Gasteiger partial charge is 0.291 e. The molecule has 0 spiro atoms. The maximum Gasteiger partial charge on any atom is 0.291 e. The van der Waals surface area contributed by atoms with Crippen molar-refractivity contribution >= 4 is 17.5 Å². The second-order valence-corrected chi connectivity index (χ2v) is 6.11. The number of furan rings is 1. The van der Waals surface area contributed by atoms with Crippen molar-refractivity contribution in [3.8, 4) is 11.5 Å². The molecule has 0 fully saturated rings. The molecule has 0 atom stereocenters. The van der Waals surface area contributed by atoms with Gasteiger partial charge in [-0.25, -0.2) is 0 Å². The molecule has 2 aromatic carbocycles. The molecule has 0 bridgehead atoms. The van der Waals surface area contributed by atoms with E-state index in [2.05, 4.69) is 10.6 Å². The van der Waals surface area contributed by atoms with E-state index in [4.69, 9.17) is 13.9 Å². The van der Waals surface area contributed by atoms with E-state index in [1.165, 1.54) is 6.26 Å². The van der Waals surface area contributed by atoms with E-state index in [-0.39, 0.29) is 17.6 Å². The lowest BCUT2D eigenvalue weighted by atomic mass is 10.1. The fourth-order valence-corrected chi connectivity index (χ4v) is 2.68. The van der Waals surface area contributed by atoms with Crippen LogP contribution in [-0.2, 0) is 6.54 Å². The van der Waals surface area contributed by atoms with Gasteiger partial charge in [0.1, 0.15) is 0 Å². The maximum absolute atomic E-state index is 12.4. The van der Waals surface area contributed by atoms with Gasteiger partial charge in [-0.3, -0.25) is 9.59 Å². The number of hydrogen-bond acceptors (Lipinski definition) is 5. The lowest BCUT2D eigenvalue weighted by Crippen LogP contribution is -2.22. The minimum absolute atomic E-state index is 0.219. The Kier molecular flexibility index (Phi) is 6.52. The summed E-state index contributed by atoms with van der Waals surface area (Å²) in [5.74, 6) is 0.812. The zero-order valence-electron chi connectivity index (χ0n) is 16.2. The topological polar surface area (TPSA) is 89.8 Å². The Morgan fingerprint density at radius 3 is 2.45 bits per heavy atom. The molecular formula is C22H22N2O5. The normalized spacial score (nSPS) is 10.3. The Hall–Kier alpha value is -3.74. The van der Waals surface area contributed by atoms with E-state index in [0.29, 0.717) is 35.9 Å². The summed E-state index contributed by atoms with van der Waals surface area (Å²) in [6.45, 7) is 2.69. The lowest BCUT2D eigenvalue weighted by Gasteiger charge is -2.11. The number of nitrogens with one attached hydrogen (secondary N) is 2. The number of amides is 2. The number of benzene rings is 2. The van der Waals surface area contributed by atoms with Gasteiger partial charge in [-0.15, -0.1) is 0 Å². The summed E-state index contributed by atoms with van der Waals surface area (Å²) in [4.78, 5) is 24.4. The van der Waals surface area contributed by atoms with Gasteiger partial charge in [0.2, 0.25) is 0 Å². The van der Waals surface area contributed by atoms with Crippen LogP contribution in [0.15, 0.2) is 65.3 Å². The summed E-state index contributed by atoms with van der Waals surface area (Å²) >= 11 is 0. The highest BCUT2D eigenvalue weighted by Gasteiger charge is 2.11. The highest BCUT2D eigenvalue weighted by atomic mass is 16.5. The molecule has 7 heteroatoms. The molecule has 0 aliphatic heterocycles. The first kappa shape index (κ1) is 20.0. The molecule has 3 aromatic rings. The minimum Gasteiger partial charge on any atom is -0.493 e. The van der Waals surface area contributed by atoms with Crippen molar-refractivity contribution in [3.63, 3.8) is 0 Å². The highest BCUT2D eigenvalue weighted by molar-refractivity contribution is 6.02. The second-order valence-electron chi connectivity index (χ2n) is 6.11. The first-order valence-corrected chi connectivity index (χ1v) is 9.13. The Labute approximate surface area is 168 Å². The predicted octanol–water partition coefficient (Wildman–Crippen LogP) is 3.87. The van der Waals surface area contributed by atoms with E-state index in [1.807, 2.05) is 19.1 Å². The molecule has 3 rings (SSSR count). The number of hydrogen-bond donors (Lipinski definition) is 2. The maximum atomic E-state index is 12.4. The summed E-state index contributed by atoms with van der Waals surface area (Å²) in [6, 6.07) is 15.5. The van der Waals surface area contributed by atoms with Crippen molar-refractivity contribution in [1.82, 2.24) is 5.32 Å². The Balaban J connectivity index is 1.57. The van der Waals surface area contributed by atoms with Crippen molar-refractivity contribution < 1.29 is 23.5 Å². The zero-order valence-corrected chi connectivity index (χ0v) is 16.2. The average molecular weight is 394 g/mol. The summed E-state index contributed by atoms with van der Waals surface area (Å²) in [7, 11) is 1.55. The summed E-state index contributed by atoms with van der Waals surface area (Å²) in [5, 5.41) is 5.61. The first-order chi connectivity index (χ1) is 14.1. The van der Waals surface area contributed by atoms with E-state index >= 15 is 0 Å². The van der Waals surface area contributed by atoms with Gasteiger partial charge < -0.3 is 24.5 Å². The van der Waals surface area contributed by atoms with Crippen molar-refractivity contribution in [2.75, 3.05) is 19.0 Å². The van der Waals surface area contributed by atoms with Gasteiger partial charge in [0.15, 0.2) is 17.3 Å². The van der Waals surface area contributed by atoms with Crippen LogP contribution in [0.25, 0.3) is 0 Å². The molecule has 1 heterocycles. The molecule has 0 aliphatic rings. The van der Waals surface area contributed by atoms with Crippen LogP contribution in [0.4, 0.5) is 5.69 Å². The standard InChI is InChI=1S/C22H22N2O5/c1-3-28-20-13-16(8-11-18(20)27-2)21(25)23-14-15-6-9-17(10-7-15)24-22(26)19-5-4-12-29-19/h4-13H,3,14H2,1-2H3,(H,23,25)(H,24,26). The summed E-state index contributed by atoms with van der Waals surface area (Å²) < 4.78 is 15.8. The Morgan fingerprint density at radius 2 is 1.79 bits per heavy atom. The van der Waals surface area contributed by atoms with E-state index < -0.39 is 0 Å². The molecule has 2 amide bonds. The average Bonchev–Trinajstić information content (AvgIpc) is 3.28. The molecule has 1 aromatic heterocycles. The highest BCUT2D eigenvalue weighted by Crippen LogP contribution is 2.28. The molecule has 0 aliphatic carbocycles. The summed E-state index contributed by atoms with van der Waals surface area (Å²) in [6.07, 6.45) is 1.45. The van der Waals surface area contributed by atoms with Crippen molar-refractivity contribution in [2.45, 2.75) is 13.5 Å². The van der Waals surface area contributed by atoms with Crippen LogP contribution in [0.5, 0.6) is 11.5 Å². The van der Waals surface area contributed by atoms with Gasteiger partial charge in [0, 0.05) is 17.8 Å². The third-order valence-electron chi connectivity index (χ3n) is 4.14. The number of rotatable bonds is 8. The molecule has 2 N–H and O–H groups in total. The van der Waals surface area contributed by atoms with E-state index in [1.54, 1.807) is 49.6 Å². The molecular weight excluding hydrogens is 372 g/mol. The molecule has 0 saturated carbocycles. The van der Waals surface area contributed by atoms with Crippen LogP contribution in [0.1, 0.15) is 33.4 Å². The number of ether oxygens (including phenoxy) is 2. The number of methoxy groups -OCH3 is 1. The van der Waals surface area contributed by atoms with Crippen LogP contribution < -0.4 is 20.1 Å². The lowest BCUT2D eigenvalue weighted by molar-refractivity contribution is 0.0949. The molecule has 29 heavy (non-hydrogen) atoms. The zero-order chi connectivity index (χ0) is 20.6. The Morgan fingerprint density at radius 1 is 1.00 bits per heavy atom. The van der Waals surface area contributed by atoms with Crippen LogP contribution >= 0.6 is 0 Å². The minimum atomic E-state index is -0.319. The van der Waals surface area contributed by atoms with Gasteiger partial charge in [0.05, 0.1) is 20.0 Å². The van der Waals surface area contributed by atoms with Crippen LogP contribution in [-0.4, -0.2) is 25.5 Å². The van der Waals surface area contributed by atoms with Crippen molar-refractivity contribution in [3.05, 3.63) is 77.7 Å². The summed E-state index contributed by atoms with van der Waals surface area (Å²) in [5.41, 5.74) is 2.02. The van der Waals surface area contributed by atoms with Crippen LogP contribution in [0, 0.1) is 0 Å². The first-order valence-electron chi connectivity index (χ1n) is 9.13. The van der Waals surface area contributed by atoms with Gasteiger partial charge in [-0.2, -0.15) is 0 Å². The SMILES string of the molecule is CCOc1cc(C(=O)NCc2ccc(NC(=O)c3ccco3)cc2)ccc1OC. The predicted molar refractivity (Wildman–Crippen MR) is 108 cm³/mol. The number of carbonyl (C=O) groups excluding carboxylic acids is 2. The number of carbonyl (C=O) groups is 2. The van der Waals surface area contributed by atoms with Gasteiger partial charge in [-0.05, 0) is 55.0 Å². The largest absolute Gasteiger partial charge is 0.493 e. The van der Waals surface area contributed by atoms with Gasteiger partial charge in [-0.1, -0.05) is 12.1 Å². The number of anilines is 1.